The maximum absolute atomic E-state index is 9.67. The van der Waals surface area contributed by atoms with E-state index >= 15 is 0 Å². The molecule has 0 saturated carbocycles. The van der Waals surface area contributed by atoms with Gasteiger partial charge in [-0.05, 0) is 48.5 Å². The second kappa shape index (κ2) is 4.24. The first-order valence-electron chi connectivity index (χ1n) is 6.61. The van der Waals surface area contributed by atoms with Gasteiger partial charge in [0.05, 0.1) is 22.2 Å². The third-order valence-corrected chi connectivity index (χ3v) is 3.58. The zero-order valence-corrected chi connectivity index (χ0v) is 11.1. The maximum Gasteiger partial charge on any atom is 0.117 e. The summed E-state index contributed by atoms with van der Waals surface area (Å²) in [5, 5.41) is 19.1. The largest absolute Gasteiger partial charge is 0.508 e. The molecule has 2 aromatic carbocycles. The van der Waals surface area contributed by atoms with Gasteiger partial charge in [-0.25, -0.2) is 4.98 Å². The average molecular weight is 276 g/mol. The van der Waals surface area contributed by atoms with Crippen LogP contribution >= 0.6 is 0 Å². The standard InChI is InChI=1S/C17H12N2O2/c20-12-5-3-11(4-6-12)17-16-2-1-9-19(16)15-8-7-13(21)10-14(15)18-17/h1-10,20-21H. The zero-order chi connectivity index (χ0) is 14.4. The molecule has 0 bridgehead atoms. The van der Waals surface area contributed by atoms with Crippen LogP contribution in [0, 0.1) is 0 Å². The molecular weight excluding hydrogens is 264 g/mol. The van der Waals surface area contributed by atoms with Gasteiger partial charge in [-0.1, -0.05) is 0 Å². The molecule has 4 rings (SSSR count). The first kappa shape index (κ1) is 11.8. The van der Waals surface area contributed by atoms with Gasteiger partial charge in [-0.15, -0.1) is 0 Å². The lowest BCUT2D eigenvalue weighted by molar-refractivity contribution is 0.475. The number of hydrogen-bond acceptors (Lipinski definition) is 3. The predicted molar refractivity (Wildman–Crippen MR) is 81.5 cm³/mol. The van der Waals surface area contributed by atoms with Gasteiger partial charge in [-0.2, -0.15) is 0 Å². The normalized spacial score (nSPS) is 11.2. The number of rotatable bonds is 1. The van der Waals surface area contributed by atoms with Gasteiger partial charge in [0.1, 0.15) is 11.5 Å². The maximum atomic E-state index is 9.67. The highest BCUT2D eigenvalue weighted by atomic mass is 16.3. The molecule has 21 heavy (non-hydrogen) atoms. The molecule has 0 amide bonds. The zero-order valence-electron chi connectivity index (χ0n) is 11.1. The van der Waals surface area contributed by atoms with Crippen LogP contribution < -0.4 is 0 Å². The Bertz CT molecular complexity index is 956. The van der Waals surface area contributed by atoms with E-state index in [4.69, 9.17) is 0 Å². The molecule has 4 aromatic rings. The van der Waals surface area contributed by atoms with E-state index in [2.05, 4.69) is 4.98 Å². The summed E-state index contributed by atoms with van der Waals surface area (Å²) < 4.78 is 2.05. The number of phenolic OH excluding ortho intramolecular Hbond substituents is 2. The van der Waals surface area contributed by atoms with Crippen molar-refractivity contribution in [2.75, 3.05) is 0 Å². The van der Waals surface area contributed by atoms with Gasteiger partial charge >= 0.3 is 0 Å². The van der Waals surface area contributed by atoms with Crippen molar-refractivity contribution in [3.05, 3.63) is 60.8 Å². The highest BCUT2D eigenvalue weighted by molar-refractivity contribution is 5.88. The summed E-state index contributed by atoms with van der Waals surface area (Å²) in [6.07, 6.45) is 1.97. The predicted octanol–water partition coefficient (Wildman–Crippen LogP) is 3.57. The summed E-state index contributed by atoms with van der Waals surface area (Å²) in [5.41, 5.74) is 4.39. The van der Waals surface area contributed by atoms with Crippen LogP contribution in [0.1, 0.15) is 0 Å². The lowest BCUT2D eigenvalue weighted by Crippen LogP contribution is -1.94. The number of hydrogen-bond donors (Lipinski definition) is 2. The summed E-state index contributed by atoms with van der Waals surface area (Å²) in [6.45, 7) is 0. The van der Waals surface area contributed by atoms with Gasteiger partial charge in [0, 0.05) is 17.8 Å². The summed E-state index contributed by atoms with van der Waals surface area (Å²) in [5.74, 6) is 0.418. The quantitative estimate of drug-likeness (QED) is 0.559. The number of nitrogens with zero attached hydrogens (tertiary/aromatic N) is 2. The Labute approximate surface area is 120 Å². The number of fused-ring (bicyclic) bond motifs is 3. The van der Waals surface area contributed by atoms with Crippen molar-refractivity contribution >= 4 is 16.6 Å². The third-order valence-electron chi connectivity index (χ3n) is 3.58. The Morgan fingerprint density at radius 1 is 0.810 bits per heavy atom. The highest BCUT2D eigenvalue weighted by Crippen LogP contribution is 2.29. The van der Waals surface area contributed by atoms with Gasteiger partial charge in [0.2, 0.25) is 0 Å². The van der Waals surface area contributed by atoms with Crippen molar-refractivity contribution in [1.29, 1.82) is 0 Å². The molecule has 0 fully saturated rings. The van der Waals surface area contributed by atoms with Crippen LogP contribution in [0.3, 0.4) is 0 Å². The van der Waals surface area contributed by atoms with Crippen LogP contribution in [0.4, 0.5) is 0 Å². The van der Waals surface area contributed by atoms with E-state index < -0.39 is 0 Å². The van der Waals surface area contributed by atoms with E-state index in [1.807, 2.05) is 40.9 Å². The van der Waals surface area contributed by atoms with Crippen LogP contribution in [0.5, 0.6) is 11.5 Å². The molecular formula is C17H12N2O2. The number of aromatic hydroxyl groups is 2. The molecule has 4 heteroatoms. The van der Waals surface area contributed by atoms with Crippen molar-refractivity contribution in [2.45, 2.75) is 0 Å². The minimum atomic E-state index is 0.193. The summed E-state index contributed by atoms with van der Waals surface area (Å²) in [6, 6.07) is 16.1. The van der Waals surface area contributed by atoms with Crippen molar-refractivity contribution in [1.82, 2.24) is 9.38 Å². The van der Waals surface area contributed by atoms with Crippen LogP contribution in [-0.4, -0.2) is 19.6 Å². The Hall–Kier alpha value is -3.01. The monoisotopic (exact) mass is 276 g/mol. The fraction of sp³-hybridized carbons (Fsp3) is 0. The van der Waals surface area contributed by atoms with Gasteiger partial charge < -0.3 is 14.6 Å². The van der Waals surface area contributed by atoms with Gasteiger partial charge in [0.25, 0.3) is 0 Å². The molecule has 0 saturated heterocycles. The molecule has 0 aliphatic heterocycles. The fourth-order valence-electron chi connectivity index (χ4n) is 2.60. The minimum Gasteiger partial charge on any atom is -0.508 e. The molecule has 0 atom stereocenters. The van der Waals surface area contributed by atoms with E-state index in [1.165, 1.54) is 0 Å². The fourth-order valence-corrected chi connectivity index (χ4v) is 2.60. The van der Waals surface area contributed by atoms with Crippen molar-refractivity contribution in [3.8, 4) is 22.8 Å². The SMILES string of the molecule is Oc1ccc(-c2nc3cc(O)ccc3n3cccc23)cc1. The molecule has 0 aliphatic carbocycles. The Morgan fingerprint density at radius 2 is 1.57 bits per heavy atom. The third kappa shape index (κ3) is 1.80. The number of benzene rings is 2. The number of aromatic nitrogens is 2. The van der Waals surface area contributed by atoms with Crippen molar-refractivity contribution in [2.24, 2.45) is 0 Å². The molecule has 2 aromatic heterocycles. The first-order valence-corrected chi connectivity index (χ1v) is 6.61. The second-order valence-corrected chi connectivity index (χ2v) is 4.94. The van der Waals surface area contributed by atoms with E-state index in [0.717, 1.165) is 27.8 Å². The Kier molecular flexibility index (Phi) is 2.38. The molecule has 4 nitrogen and oxygen atoms in total. The average Bonchev–Trinajstić information content (AvgIpc) is 2.96. The van der Waals surface area contributed by atoms with E-state index in [-0.39, 0.29) is 11.5 Å². The molecule has 102 valence electrons. The summed E-state index contributed by atoms with van der Waals surface area (Å²) in [4.78, 5) is 4.67. The highest BCUT2D eigenvalue weighted by Gasteiger charge is 2.10. The molecule has 0 spiro atoms. The first-order chi connectivity index (χ1) is 10.2. The summed E-state index contributed by atoms with van der Waals surface area (Å²) >= 11 is 0. The van der Waals surface area contributed by atoms with Crippen LogP contribution in [-0.2, 0) is 0 Å². The van der Waals surface area contributed by atoms with E-state index in [9.17, 15) is 10.2 Å². The smallest absolute Gasteiger partial charge is 0.117 e. The van der Waals surface area contributed by atoms with Crippen LogP contribution in [0.25, 0.3) is 27.8 Å². The molecule has 2 heterocycles. The lowest BCUT2D eigenvalue weighted by Gasteiger charge is -2.09. The van der Waals surface area contributed by atoms with Crippen LogP contribution in [0.15, 0.2) is 60.8 Å². The Morgan fingerprint density at radius 3 is 2.38 bits per heavy atom. The van der Waals surface area contributed by atoms with E-state index in [1.54, 1.807) is 24.3 Å². The number of phenols is 2. The van der Waals surface area contributed by atoms with Crippen molar-refractivity contribution in [3.63, 3.8) is 0 Å². The minimum absolute atomic E-state index is 0.193. The molecule has 0 radical (unpaired) electrons. The molecule has 0 aliphatic rings. The Balaban J connectivity index is 2.10. The van der Waals surface area contributed by atoms with Crippen molar-refractivity contribution < 1.29 is 10.2 Å². The van der Waals surface area contributed by atoms with E-state index in [0.29, 0.717) is 0 Å². The van der Waals surface area contributed by atoms with Gasteiger partial charge in [0.15, 0.2) is 0 Å². The van der Waals surface area contributed by atoms with Gasteiger partial charge in [-0.3, -0.25) is 0 Å². The second-order valence-electron chi connectivity index (χ2n) is 4.94. The topological polar surface area (TPSA) is 57.8 Å². The summed E-state index contributed by atoms with van der Waals surface area (Å²) in [7, 11) is 0. The molecule has 0 unspecified atom stereocenters. The van der Waals surface area contributed by atoms with Crippen LogP contribution in [0.2, 0.25) is 0 Å². The molecule has 2 N–H and O–H groups in total. The lowest BCUT2D eigenvalue weighted by atomic mass is 10.1.